The largest absolute Gasteiger partial charge is 0.495 e. The second kappa shape index (κ2) is 7.12. The average molecular weight is 328 g/mol. The molecule has 1 amide bonds. The summed E-state index contributed by atoms with van der Waals surface area (Å²) in [6.45, 7) is 4.32. The molecule has 1 aliphatic heterocycles. The van der Waals surface area contributed by atoms with Crippen molar-refractivity contribution in [2.45, 2.75) is 6.92 Å². The SMILES string of the molecule is COc1ccccc1Nc1cnnc(N2CCN(C(C)=O)CC2)n1. The van der Waals surface area contributed by atoms with Gasteiger partial charge in [-0.05, 0) is 12.1 Å². The van der Waals surface area contributed by atoms with Crippen molar-refractivity contribution < 1.29 is 9.53 Å². The van der Waals surface area contributed by atoms with Crippen LogP contribution in [-0.4, -0.2) is 59.3 Å². The Hall–Kier alpha value is -2.90. The summed E-state index contributed by atoms with van der Waals surface area (Å²) >= 11 is 0. The molecule has 2 heterocycles. The predicted octanol–water partition coefficient (Wildman–Crippen LogP) is 1.29. The van der Waals surface area contributed by atoms with Gasteiger partial charge in [0.2, 0.25) is 11.9 Å². The molecule has 1 saturated heterocycles. The molecule has 24 heavy (non-hydrogen) atoms. The van der Waals surface area contributed by atoms with Gasteiger partial charge in [0.25, 0.3) is 0 Å². The molecule has 1 aliphatic rings. The number of nitrogens with zero attached hydrogens (tertiary/aromatic N) is 5. The molecule has 0 unspecified atom stereocenters. The monoisotopic (exact) mass is 328 g/mol. The van der Waals surface area contributed by atoms with Crippen LogP contribution >= 0.6 is 0 Å². The molecule has 0 aliphatic carbocycles. The van der Waals surface area contributed by atoms with E-state index in [0.717, 1.165) is 11.4 Å². The van der Waals surface area contributed by atoms with Crippen LogP contribution in [0.15, 0.2) is 30.5 Å². The number of piperazine rings is 1. The molecule has 0 atom stereocenters. The fraction of sp³-hybridized carbons (Fsp3) is 0.375. The lowest BCUT2D eigenvalue weighted by molar-refractivity contribution is -0.129. The topological polar surface area (TPSA) is 83.5 Å². The van der Waals surface area contributed by atoms with Gasteiger partial charge in [0.15, 0.2) is 5.82 Å². The molecule has 126 valence electrons. The first-order valence-corrected chi connectivity index (χ1v) is 7.77. The van der Waals surface area contributed by atoms with Crippen LogP contribution in [0.5, 0.6) is 5.75 Å². The Morgan fingerprint density at radius 3 is 2.67 bits per heavy atom. The Balaban J connectivity index is 1.72. The first-order chi connectivity index (χ1) is 11.7. The van der Waals surface area contributed by atoms with Crippen LogP contribution in [0.4, 0.5) is 17.5 Å². The Morgan fingerprint density at radius 2 is 1.96 bits per heavy atom. The van der Waals surface area contributed by atoms with Crippen molar-refractivity contribution in [1.29, 1.82) is 0 Å². The molecule has 0 saturated carbocycles. The molecule has 1 aromatic heterocycles. The summed E-state index contributed by atoms with van der Waals surface area (Å²) < 4.78 is 5.32. The third-order valence-electron chi connectivity index (χ3n) is 3.93. The number of rotatable bonds is 4. The molecular weight excluding hydrogens is 308 g/mol. The van der Waals surface area contributed by atoms with E-state index in [2.05, 4.69) is 20.5 Å². The lowest BCUT2D eigenvalue weighted by Gasteiger charge is -2.33. The molecule has 1 fully saturated rings. The summed E-state index contributed by atoms with van der Waals surface area (Å²) in [5.74, 6) is 1.98. The number of amides is 1. The highest BCUT2D eigenvalue weighted by molar-refractivity contribution is 5.73. The van der Waals surface area contributed by atoms with E-state index in [9.17, 15) is 4.79 Å². The summed E-state index contributed by atoms with van der Waals surface area (Å²) in [5.41, 5.74) is 0.813. The van der Waals surface area contributed by atoms with Crippen molar-refractivity contribution in [1.82, 2.24) is 20.1 Å². The minimum atomic E-state index is 0.0975. The molecule has 3 rings (SSSR count). The maximum atomic E-state index is 11.4. The van der Waals surface area contributed by atoms with E-state index in [-0.39, 0.29) is 5.91 Å². The summed E-state index contributed by atoms with van der Waals surface area (Å²) in [7, 11) is 1.62. The van der Waals surface area contributed by atoms with E-state index in [1.807, 2.05) is 34.1 Å². The second-order valence-corrected chi connectivity index (χ2v) is 5.46. The van der Waals surface area contributed by atoms with Crippen molar-refractivity contribution in [2.24, 2.45) is 0 Å². The summed E-state index contributed by atoms with van der Waals surface area (Å²) in [4.78, 5) is 19.8. The number of carbonyl (C=O) groups is 1. The van der Waals surface area contributed by atoms with Gasteiger partial charge < -0.3 is 19.9 Å². The normalized spacial score (nSPS) is 14.4. The first-order valence-electron chi connectivity index (χ1n) is 7.77. The molecule has 1 aromatic carbocycles. The summed E-state index contributed by atoms with van der Waals surface area (Å²) in [6.07, 6.45) is 1.57. The van der Waals surface area contributed by atoms with Crippen molar-refractivity contribution in [3.63, 3.8) is 0 Å². The van der Waals surface area contributed by atoms with Gasteiger partial charge in [0.1, 0.15) is 5.75 Å². The molecule has 8 heteroatoms. The van der Waals surface area contributed by atoms with Crippen LogP contribution < -0.4 is 15.0 Å². The summed E-state index contributed by atoms with van der Waals surface area (Å²) in [6, 6.07) is 7.61. The number of nitrogens with one attached hydrogen (secondary N) is 1. The number of hydrogen-bond donors (Lipinski definition) is 1. The molecular formula is C16H20N6O2. The van der Waals surface area contributed by atoms with Gasteiger partial charge in [-0.2, -0.15) is 10.1 Å². The Bertz CT molecular complexity index is 715. The lowest BCUT2D eigenvalue weighted by Crippen LogP contribution is -2.48. The van der Waals surface area contributed by atoms with Crippen LogP contribution in [0, 0.1) is 0 Å². The van der Waals surface area contributed by atoms with Gasteiger partial charge in [-0.15, -0.1) is 5.10 Å². The highest BCUT2D eigenvalue weighted by Gasteiger charge is 2.21. The number of para-hydroxylation sites is 2. The van der Waals surface area contributed by atoms with Crippen LogP contribution in [0.2, 0.25) is 0 Å². The molecule has 0 bridgehead atoms. The smallest absolute Gasteiger partial charge is 0.247 e. The minimum absolute atomic E-state index is 0.0975. The molecule has 2 aromatic rings. The predicted molar refractivity (Wildman–Crippen MR) is 90.6 cm³/mol. The summed E-state index contributed by atoms with van der Waals surface area (Å²) in [5, 5.41) is 11.3. The van der Waals surface area contributed by atoms with E-state index < -0.39 is 0 Å². The van der Waals surface area contributed by atoms with Crippen molar-refractivity contribution in [3.8, 4) is 5.75 Å². The van der Waals surface area contributed by atoms with E-state index in [0.29, 0.717) is 37.9 Å². The average Bonchev–Trinajstić information content (AvgIpc) is 2.62. The first kappa shape index (κ1) is 16.0. The van der Waals surface area contributed by atoms with Gasteiger partial charge >= 0.3 is 0 Å². The maximum Gasteiger partial charge on any atom is 0.247 e. The van der Waals surface area contributed by atoms with Gasteiger partial charge in [0.05, 0.1) is 19.0 Å². The third kappa shape index (κ3) is 3.53. The van der Waals surface area contributed by atoms with Gasteiger partial charge in [-0.1, -0.05) is 12.1 Å². The molecule has 8 nitrogen and oxygen atoms in total. The number of anilines is 3. The van der Waals surface area contributed by atoms with Crippen LogP contribution in [0.3, 0.4) is 0 Å². The lowest BCUT2D eigenvalue weighted by atomic mass is 10.3. The zero-order valence-corrected chi connectivity index (χ0v) is 13.8. The zero-order chi connectivity index (χ0) is 16.9. The standard InChI is InChI=1S/C16H20N6O2/c1-12(23)21-7-9-22(10-8-21)16-19-15(11-17-20-16)18-13-5-3-4-6-14(13)24-2/h3-6,11H,7-10H2,1-2H3,(H,18,19,20). The minimum Gasteiger partial charge on any atom is -0.495 e. The number of hydrogen-bond acceptors (Lipinski definition) is 7. The highest BCUT2D eigenvalue weighted by Crippen LogP contribution is 2.26. The Morgan fingerprint density at radius 1 is 1.21 bits per heavy atom. The van der Waals surface area contributed by atoms with E-state index in [1.165, 1.54) is 0 Å². The number of aromatic nitrogens is 3. The third-order valence-corrected chi connectivity index (χ3v) is 3.93. The highest BCUT2D eigenvalue weighted by atomic mass is 16.5. The van der Waals surface area contributed by atoms with Crippen LogP contribution in [-0.2, 0) is 4.79 Å². The fourth-order valence-corrected chi connectivity index (χ4v) is 2.60. The number of methoxy groups -OCH3 is 1. The van der Waals surface area contributed by atoms with Crippen molar-refractivity contribution in [3.05, 3.63) is 30.5 Å². The Kier molecular flexibility index (Phi) is 4.74. The van der Waals surface area contributed by atoms with Crippen LogP contribution in [0.1, 0.15) is 6.92 Å². The van der Waals surface area contributed by atoms with Crippen molar-refractivity contribution in [2.75, 3.05) is 43.5 Å². The van der Waals surface area contributed by atoms with Gasteiger partial charge in [-0.25, -0.2) is 0 Å². The number of benzene rings is 1. The van der Waals surface area contributed by atoms with E-state index in [1.54, 1.807) is 20.2 Å². The zero-order valence-electron chi connectivity index (χ0n) is 13.8. The van der Waals surface area contributed by atoms with E-state index in [4.69, 9.17) is 4.74 Å². The number of ether oxygens (including phenoxy) is 1. The Labute approximate surface area is 140 Å². The van der Waals surface area contributed by atoms with Crippen molar-refractivity contribution >= 4 is 23.4 Å². The molecule has 0 spiro atoms. The second-order valence-electron chi connectivity index (χ2n) is 5.46. The fourth-order valence-electron chi connectivity index (χ4n) is 2.60. The van der Waals surface area contributed by atoms with Crippen LogP contribution in [0.25, 0.3) is 0 Å². The van der Waals surface area contributed by atoms with Gasteiger partial charge in [-0.3, -0.25) is 4.79 Å². The molecule has 1 N–H and O–H groups in total. The number of carbonyl (C=O) groups excluding carboxylic acids is 1. The van der Waals surface area contributed by atoms with E-state index >= 15 is 0 Å². The maximum absolute atomic E-state index is 11.4. The quantitative estimate of drug-likeness (QED) is 0.905. The molecule has 0 radical (unpaired) electrons. The van der Waals surface area contributed by atoms with Gasteiger partial charge in [0, 0.05) is 33.1 Å².